The minimum atomic E-state index is 0.127. The minimum absolute atomic E-state index is 0.127. The Morgan fingerprint density at radius 1 is 1.53 bits per heavy atom. The quantitative estimate of drug-likeness (QED) is 0.665. The van der Waals surface area contributed by atoms with Crippen molar-refractivity contribution in [3.63, 3.8) is 0 Å². The lowest BCUT2D eigenvalue weighted by Gasteiger charge is -2.27. The fourth-order valence-corrected chi connectivity index (χ4v) is 1.74. The minimum Gasteiger partial charge on any atom is -0.375 e. The molecule has 1 unspecified atom stereocenters. The number of rotatable bonds is 6. The third-order valence-electron chi connectivity index (χ3n) is 3.14. The van der Waals surface area contributed by atoms with E-state index in [2.05, 4.69) is 17.6 Å². The van der Waals surface area contributed by atoms with Crippen LogP contribution < -0.4 is 10.6 Å². The lowest BCUT2D eigenvalue weighted by molar-refractivity contribution is -0.123. The predicted molar refractivity (Wildman–Crippen MR) is 57.6 cm³/mol. The molecule has 0 aromatic rings. The van der Waals surface area contributed by atoms with Gasteiger partial charge in [0.1, 0.15) is 0 Å². The van der Waals surface area contributed by atoms with Crippen molar-refractivity contribution in [1.82, 2.24) is 10.6 Å². The number of carbonyl (C=O) groups excluding carboxylic acids is 1. The molecule has 0 aromatic heterocycles. The van der Waals surface area contributed by atoms with E-state index in [1.54, 1.807) is 0 Å². The number of hydrogen-bond donors (Lipinski definition) is 2. The van der Waals surface area contributed by atoms with Gasteiger partial charge in [0.15, 0.2) is 0 Å². The summed E-state index contributed by atoms with van der Waals surface area (Å²) >= 11 is 0. The Balaban J connectivity index is 1.51. The van der Waals surface area contributed by atoms with Gasteiger partial charge in [0.2, 0.25) is 5.91 Å². The SMILES string of the molecule is CC(NC(=O)CCOC1CNC1)C1CC1. The van der Waals surface area contributed by atoms with Crippen molar-refractivity contribution < 1.29 is 9.53 Å². The molecule has 1 saturated heterocycles. The molecule has 1 heterocycles. The Labute approximate surface area is 90.8 Å². The summed E-state index contributed by atoms with van der Waals surface area (Å²) in [6.07, 6.45) is 3.36. The van der Waals surface area contributed by atoms with Crippen LogP contribution >= 0.6 is 0 Å². The van der Waals surface area contributed by atoms with Gasteiger partial charge < -0.3 is 15.4 Å². The van der Waals surface area contributed by atoms with Crippen LogP contribution in [0.2, 0.25) is 0 Å². The van der Waals surface area contributed by atoms with Crippen LogP contribution in [0.1, 0.15) is 26.2 Å². The van der Waals surface area contributed by atoms with Gasteiger partial charge in [-0.25, -0.2) is 0 Å². The Kier molecular flexibility index (Phi) is 3.59. The summed E-state index contributed by atoms with van der Waals surface area (Å²) in [6.45, 7) is 4.50. The van der Waals surface area contributed by atoms with E-state index in [9.17, 15) is 4.79 Å². The molecule has 2 aliphatic rings. The number of carbonyl (C=O) groups is 1. The monoisotopic (exact) mass is 212 g/mol. The van der Waals surface area contributed by atoms with Crippen molar-refractivity contribution in [3.05, 3.63) is 0 Å². The van der Waals surface area contributed by atoms with Gasteiger partial charge in [-0.05, 0) is 25.7 Å². The fraction of sp³-hybridized carbons (Fsp3) is 0.909. The highest BCUT2D eigenvalue weighted by molar-refractivity contribution is 5.76. The summed E-state index contributed by atoms with van der Waals surface area (Å²) in [6, 6.07) is 0.350. The number of amides is 1. The lowest BCUT2D eigenvalue weighted by atomic mass is 10.2. The summed E-state index contributed by atoms with van der Waals surface area (Å²) in [7, 11) is 0. The molecule has 1 amide bonds. The molecular formula is C11H20N2O2. The molecule has 1 aliphatic heterocycles. The Morgan fingerprint density at radius 2 is 2.27 bits per heavy atom. The third kappa shape index (κ3) is 3.47. The van der Waals surface area contributed by atoms with Crippen LogP contribution in [0.5, 0.6) is 0 Å². The fourth-order valence-electron chi connectivity index (χ4n) is 1.74. The van der Waals surface area contributed by atoms with E-state index < -0.39 is 0 Å². The molecule has 0 radical (unpaired) electrons. The second-order valence-electron chi connectivity index (χ2n) is 4.59. The first kappa shape index (κ1) is 10.9. The molecule has 15 heavy (non-hydrogen) atoms. The van der Waals surface area contributed by atoms with E-state index in [1.165, 1.54) is 12.8 Å². The molecule has 4 heteroatoms. The molecule has 0 bridgehead atoms. The van der Waals surface area contributed by atoms with Crippen LogP contribution in [0.3, 0.4) is 0 Å². The van der Waals surface area contributed by atoms with Gasteiger partial charge in [-0.2, -0.15) is 0 Å². The molecule has 1 saturated carbocycles. The van der Waals surface area contributed by atoms with Gasteiger partial charge in [0.25, 0.3) is 0 Å². The summed E-state index contributed by atoms with van der Waals surface area (Å²) in [5.74, 6) is 0.854. The van der Waals surface area contributed by atoms with Gasteiger partial charge >= 0.3 is 0 Å². The number of hydrogen-bond acceptors (Lipinski definition) is 3. The summed E-state index contributed by atoms with van der Waals surface area (Å²) in [5.41, 5.74) is 0. The molecule has 1 atom stereocenters. The molecule has 2 fully saturated rings. The third-order valence-corrected chi connectivity index (χ3v) is 3.14. The van der Waals surface area contributed by atoms with Gasteiger partial charge in [-0.1, -0.05) is 0 Å². The van der Waals surface area contributed by atoms with Crippen LogP contribution in [-0.2, 0) is 9.53 Å². The zero-order valence-electron chi connectivity index (χ0n) is 9.29. The topological polar surface area (TPSA) is 50.4 Å². The smallest absolute Gasteiger partial charge is 0.222 e. The molecule has 86 valence electrons. The Bertz CT molecular complexity index is 225. The normalized spacial score (nSPS) is 23.3. The van der Waals surface area contributed by atoms with E-state index >= 15 is 0 Å². The maximum absolute atomic E-state index is 11.5. The van der Waals surface area contributed by atoms with E-state index in [-0.39, 0.29) is 5.91 Å². The first-order chi connectivity index (χ1) is 7.25. The highest BCUT2D eigenvalue weighted by Crippen LogP contribution is 2.32. The summed E-state index contributed by atoms with van der Waals surface area (Å²) < 4.78 is 5.48. The molecule has 0 aromatic carbocycles. The van der Waals surface area contributed by atoms with Crippen LogP contribution in [0.4, 0.5) is 0 Å². The molecule has 2 N–H and O–H groups in total. The molecular weight excluding hydrogens is 192 g/mol. The molecule has 0 spiro atoms. The van der Waals surface area contributed by atoms with E-state index in [4.69, 9.17) is 4.74 Å². The molecule has 1 aliphatic carbocycles. The first-order valence-corrected chi connectivity index (χ1v) is 5.87. The standard InChI is InChI=1S/C11H20N2O2/c1-8(9-2-3-9)13-11(14)4-5-15-10-6-12-7-10/h8-10,12H,2-7H2,1H3,(H,13,14). The highest BCUT2D eigenvalue weighted by Gasteiger charge is 2.28. The van der Waals surface area contributed by atoms with E-state index in [1.807, 2.05) is 0 Å². The van der Waals surface area contributed by atoms with Gasteiger partial charge in [0, 0.05) is 25.6 Å². The van der Waals surface area contributed by atoms with Crippen LogP contribution in [-0.4, -0.2) is 37.7 Å². The largest absolute Gasteiger partial charge is 0.375 e. The average molecular weight is 212 g/mol. The Hall–Kier alpha value is -0.610. The zero-order chi connectivity index (χ0) is 10.7. The lowest BCUT2D eigenvalue weighted by Crippen LogP contribution is -2.48. The second kappa shape index (κ2) is 4.94. The van der Waals surface area contributed by atoms with E-state index in [0.29, 0.717) is 25.2 Å². The van der Waals surface area contributed by atoms with Crippen molar-refractivity contribution in [1.29, 1.82) is 0 Å². The predicted octanol–water partition coefficient (Wildman–Crippen LogP) is 0.280. The van der Waals surface area contributed by atoms with Crippen LogP contribution in [0.15, 0.2) is 0 Å². The Morgan fingerprint density at radius 3 is 2.80 bits per heavy atom. The van der Waals surface area contributed by atoms with E-state index in [0.717, 1.165) is 19.0 Å². The maximum atomic E-state index is 11.5. The number of ether oxygens (including phenoxy) is 1. The molecule has 2 rings (SSSR count). The van der Waals surface area contributed by atoms with Crippen molar-refractivity contribution >= 4 is 5.91 Å². The number of nitrogens with one attached hydrogen (secondary N) is 2. The van der Waals surface area contributed by atoms with Crippen molar-refractivity contribution in [3.8, 4) is 0 Å². The van der Waals surface area contributed by atoms with Crippen LogP contribution in [0, 0.1) is 5.92 Å². The molecule has 4 nitrogen and oxygen atoms in total. The van der Waals surface area contributed by atoms with Gasteiger partial charge in [-0.3, -0.25) is 4.79 Å². The summed E-state index contributed by atoms with van der Waals surface area (Å²) in [5, 5.41) is 6.15. The van der Waals surface area contributed by atoms with Gasteiger partial charge in [0.05, 0.1) is 12.7 Å². The highest BCUT2D eigenvalue weighted by atomic mass is 16.5. The van der Waals surface area contributed by atoms with Gasteiger partial charge in [-0.15, -0.1) is 0 Å². The van der Waals surface area contributed by atoms with Crippen molar-refractivity contribution in [2.24, 2.45) is 5.92 Å². The van der Waals surface area contributed by atoms with Crippen molar-refractivity contribution in [2.45, 2.75) is 38.3 Å². The zero-order valence-corrected chi connectivity index (χ0v) is 9.29. The summed E-state index contributed by atoms with van der Waals surface area (Å²) in [4.78, 5) is 11.5. The van der Waals surface area contributed by atoms with Crippen LogP contribution in [0.25, 0.3) is 0 Å². The first-order valence-electron chi connectivity index (χ1n) is 5.87. The maximum Gasteiger partial charge on any atom is 0.222 e. The second-order valence-corrected chi connectivity index (χ2v) is 4.59. The van der Waals surface area contributed by atoms with Crippen molar-refractivity contribution in [2.75, 3.05) is 19.7 Å². The average Bonchev–Trinajstić information content (AvgIpc) is 2.91.